The topological polar surface area (TPSA) is 76.9 Å². The lowest BCUT2D eigenvalue weighted by Gasteiger charge is -2.10. The van der Waals surface area contributed by atoms with E-state index in [9.17, 15) is 4.79 Å². The number of rotatable bonds is 7. The van der Waals surface area contributed by atoms with E-state index in [1.165, 1.54) is 0 Å². The first-order valence-corrected chi connectivity index (χ1v) is 8.85. The Hall–Kier alpha value is -3.74. The van der Waals surface area contributed by atoms with Gasteiger partial charge in [0.2, 0.25) is 0 Å². The summed E-state index contributed by atoms with van der Waals surface area (Å²) < 4.78 is 12.6. The summed E-state index contributed by atoms with van der Waals surface area (Å²) in [5.74, 6) is 1.40. The molecule has 1 aromatic heterocycles. The number of hydrogen-bond acceptors (Lipinski definition) is 4. The lowest BCUT2D eigenvalue weighted by molar-refractivity contribution is 0.252. The molecule has 0 fully saturated rings. The van der Waals surface area contributed by atoms with Crippen LogP contribution in [0.4, 0.5) is 10.5 Å². The van der Waals surface area contributed by atoms with Crippen LogP contribution in [-0.4, -0.2) is 30.5 Å². The van der Waals surface area contributed by atoms with Gasteiger partial charge in [-0.15, -0.1) is 0 Å². The van der Waals surface area contributed by atoms with Crippen molar-refractivity contribution in [2.45, 2.75) is 6.92 Å². The molecule has 7 nitrogen and oxygen atoms in total. The van der Waals surface area contributed by atoms with E-state index in [2.05, 4.69) is 15.8 Å². The van der Waals surface area contributed by atoms with Crippen molar-refractivity contribution in [2.24, 2.45) is 5.10 Å². The van der Waals surface area contributed by atoms with Gasteiger partial charge in [-0.25, -0.2) is 10.2 Å². The number of anilines is 1. The first-order chi connectivity index (χ1) is 13.7. The maximum atomic E-state index is 12.1. The molecular formula is C21H22N4O3. The van der Waals surface area contributed by atoms with Crippen LogP contribution in [0.5, 0.6) is 11.5 Å². The normalized spacial score (nSPS) is 10.6. The minimum absolute atomic E-state index is 0.453. The number of methoxy groups -OCH3 is 1. The summed E-state index contributed by atoms with van der Waals surface area (Å²) in [6.45, 7) is 2.40. The number of carbonyl (C=O) groups is 1. The molecule has 0 aliphatic carbocycles. The summed E-state index contributed by atoms with van der Waals surface area (Å²) in [6, 6.07) is 18.3. The number of carbonyl (C=O) groups excluding carboxylic acids is 1. The lowest BCUT2D eigenvalue weighted by atomic mass is 10.3. The Labute approximate surface area is 163 Å². The van der Waals surface area contributed by atoms with Gasteiger partial charge in [0.05, 0.1) is 31.3 Å². The van der Waals surface area contributed by atoms with Crippen molar-refractivity contribution in [3.63, 3.8) is 0 Å². The molecule has 2 aromatic carbocycles. The fraction of sp³-hybridized carbons (Fsp3) is 0.143. The molecule has 2 amide bonds. The summed E-state index contributed by atoms with van der Waals surface area (Å²) in [7, 11) is 1.63. The molecule has 0 bridgehead atoms. The summed E-state index contributed by atoms with van der Waals surface area (Å²) in [5.41, 5.74) is 4.83. The molecule has 0 aliphatic heterocycles. The predicted molar refractivity (Wildman–Crippen MR) is 110 cm³/mol. The molecule has 0 saturated carbocycles. The molecule has 7 heteroatoms. The Bertz CT molecular complexity index is 948. The number of benzene rings is 2. The highest BCUT2D eigenvalue weighted by atomic mass is 16.5. The van der Waals surface area contributed by atoms with E-state index in [1.54, 1.807) is 25.5 Å². The van der Waals surface area contributed by atoms with Gasteiger partial charge in [0.15, 0.2) is 0 Å². The van der Waals surface area contributed by atoms with Crippen molar-refractivity contribution in [1.29, 1.82) is 0 Å². The third-order valence-electron chi connectivity index (χ3n) is 3.93. The van der Waals surface area contributed by atoms with Crippen molar-refractivity contribution in [1.82, 2.24) is 9.99 Å². The van der Waals surface area contributed by atoms with Crippen LogP contribution in [0.3, 0.4) is 0 Å². The number of para-hydroxylation sites is 2. The summed E-state index contributed by atoms with van der Waals surface area (Å²) in [4.78, 5) is 12.1. The van der Waals surface area contributed by atoms with E-state index in [0.717, 1.165) is 17.1 Å². The Balaban J connectivity index is 1.64. The van der Waals surface area contributed by atoms with Gasteiger partial charge in [-0.2, -0.15) is 5.10 Å². The third kappa shape index (κ3) is 4.70. The molecule has 0 aliphatic rings. The van der Waals surface area contributed by atoms with Crippen LogP contribution >= 0.6 is 0 Å². The average Bonchev–Trinajstić information content (AvgIpc) is 3.18. The minimum Gasteiger partial charge on any atom is -0.497 e. The number of ether oxygens (including phenoxy) is 2. The average molecular weight is 378 g/mol. The monoisotopic (exact) mass is 378 g/mol. The number of hydrogen-bond donors (Lipinski definition) is 2. The van der Waals surface area contributed by atoms with E-state index in [1.807, 2.05) is 66.2 Å². The summed E-state index contributed by atoms with van der Waals surface area (Å²) in [5, 5.41) is 6.76. The third-order valence-corrected chi connectivity index (χ3v) is 3.93. The van der Waals surface area contributed by atoms with Crippen LogP contribution in [0.1, 0.15) is 12.6 Å². The Morgan fingerprint density at radius 2 is 1.89 bits per heavy atom. The fourth-order valence-electron chi connectivity index (χ4n) is 2.64. The first kappa shape index (κ1) is 19.0. The second-order valence-electron chi connectivity index (χ2n) is 5.75. The van der Waals surface area contributed by atoms with Gasteiger partial charge in [0.25, 0.3) is 0 Å². The molecular weight excluding hydrogens is 356 g/mol. The van der Waals surface area contributed by atoms with Gasteiger partial charge in [-0.05, 0) is 55.5 Å². The Morgan fingerprint density at radius 3 is 2.64 bits per heavy atom. The van der Waals surface area contributed by atoms with Crippen LogP contribution in [-0.2, 0) is 0 Å². The molecule has 28 heavy (non-hydrogen) atoms. The van der Waals surface area contributed by atoms with Gasteiger partial charge in [0, 0.05) is 11.9 Å². The van der Waals surface area contributed by atoms with E-state index < -0.39 is 6.03 Å². The SMILES string of the molecule is CCOc1ccccc1NC(=O)N/N=C/c1cccn1-c1ccc(OC)cc1. The quantitative estimate of drug-likeness (QED) is 0.481. The molecule has 144 valence electrons. The number of amides is 2. The number of urea groups is 1. The fourth-order valence-corrected chi connectivity index (χ4v) is 2.64. The van der Waals surface area contributed by atoms with Gasteiger partial charge in [-0.3, -0.25) is 0 Å². The first-order valence-electron chi connectivity index (χ1n) is 8.85. The molecule has 0 unspecified atom stereocenters. The van der Waals surface area contributed by atoms with Crippen molar-refractivity contribution < 1.29 is 14.3 Å². The molecule has 0 atom stereocenters. The molecule has 3 aromatic rings. The smallest absolute Gasteiger partial charge is 0.339 e. The molecule has 3 rings (SSSR count). The second kappa shape index (κ2) is 9.27. The van der Waals surface area contributed by atoms with Crippen LogP contribution in [0.15, 0.2) is 72.0 Å². The second-order valence-corrected chi connectivity index (χ2v) is 5.75. The van der Waals surface area contributed by atoms with Crippen LogP contribution in [0, 0.1) is 0 Å². The number of aromatic nitrogens is 1. The predicted octanol–water partition coefficient (Wildman–Crippen LogP) is 4.04. The highest BCUT2D eigenvalue weighted by molar-refractivity contribution is 5.91. The van der Waals surface area contributed by atoms with Gasteiger partial charge in [-0.1, -0.05) is 12.1 Å². The highest BCUT2D eigenvalue weighted by Crippen LogP contribution is 2.23. The molecule has 0 saturated heterocycles. The minimum atomic E-state index is -0.453. The lowest BCUT2D eigenvalue weighted by Crippen LogP contribution is -2.24. The van der Waals surface area contributed by atoms with E-state index in [0.29, 0.717) is 18.0 Å². The summed E-state index contributed by atoms with van der Waals surface area (Å²) in [6.07, 6.45) is 3.50. The Kier molecular flexibility index (Phi) is 6.30. The van der Waals surface area contributed by atoms with E-state index >= 15 is 0 Å². The van der Waals surface area contributed by atoms with Crippen molar-refractivity contribution in [3.05, 3.63) is 72.6 Å². The highest BCUT2D eigenvalue weighted by Gasteiger charge is 2.06. The summed E-state index contributed by atoms with van der Waals surface area (Å²) >= 11 is 0. The van der Waals surface area contributed by atoms with Crippen LogP contribution in [0.25, 0.3) is 5.69 Å². The van der Waals surface area contributed by atoms with Gasteiger partial charge in [0.1, 0.15) is 11.5 Å². The maximum absolute atomic E-state index is 12.1. The molecule has 0 spiro atoms. The zero-order valence-corrected chi connectivity index (χ0v) is 15.8. The van der Waals surface area contributed by atoms with Gasteiger partial charge < -0.3 is 19.4 Å². The van der Waals surface area contributed by atoms with Gasteiger partial charge >= 0.3 is 6.03 Å². The van der Waals surface area contributed by atoms with Crippen molar-refractivity contribution in [2.75, 3.05) is 19.0 Å². The zero-order chi connectivity index (χ0) is 19.8. The number of nitrogens with zero attached hydrogens (tertiary/aromatic N) is 2. The largest absolute Gasteiger partial charge is 0.497 e. The number of hydrazone groups is 1. The molecule has 0 radical (unpaired) electrons. The standard InChI is InChI=1S/C21H22N4O3/c1-3-28-20-9-5-4-8-19(20)23-21(26)24-22-15-17-7-6-14-25(17)16-10-12-18(27-2)13-11-16/h4-15H,3H2,1-2H3,(H2,23,24,26)/b22-15+. The van der Waals surface area contributed by atoms with Crippen LogP contribution < -0.4 is 20.2 Å². The van der Waals surface area contributed by atoms with Crippen LogP contribution in [0.2, 0.25) is 0 Å². The zero-order valence-electron chi connectivity index (χ0n) is 15.8. The van der Waals surface area contributed by atoms with Crippen molar-refractivity contribution in [3.8, 4) is 17.2 Å². The molecule has 2 N–H and O–H groups in total. The Morgan fingerprint density at radius 1 is 1.11 bits per heavy atom. The van der Waals surface area contributed by atoms with E-state index in [-0.39, 0.29) is 0 Å². The maximum Gasteiger partial charge on any atom is 0.339 e. The van der Waals surface area contributed by atoms with E-state index in [4.69, 9.17) is 9.47 Å². The molecule has 1 heterocycles. The number of nitrogens with one attached hydrogen (secondary N) is 2. The van der Waals surface area contributed by atoms with Crippen molar-refractivity contribution >= 4 is 17.9 Å².